The van der Waals surface area contributed by atoms with Crippen molar-refractivity contribution in [2.45, 2.75) is 11.1 Å². The van der Waals surface area contributed by atoms with Crippen LogP contribution in [0.2, 0.25) is 0 Å². The summed E-state index contributed by atoms with van der Waals surface area (Å²) >= 11 is 0. The van der Waals surface area contributed by atoms with Crippen LogP contribution in [0.1, 0.15) is 0 Å². The Morgan fingerprint density at radius 1 is 1.29 bits per heavy atom. The van der Waals surface area contributed by atoms with Crippen molar-refractivity contribution in [3.8, 4) is 0 Å². The summed E-state index contributed by atoms with van der Waals surface area (Å²) in [5.74, 6) is 0.166. The van der Waals surface area contributed by atoms with E-state index in [1.165, 1.54) is 11.8 Å². The smallest absolute Gasteiger partial charge is 0.357 e. The van der Waals surface area contributed by atoms with Gasteiger partial charge in [0, 0.05) is 7.05 Å². The number of nitrogens with one attached hydrogen (secondary N) is 2. The third kappa shape index (κ3) is 4.15. The highest BCUT2D eigenvalue weighted by Gasteiger charge is 2.30. The van der Waals surface area contributed by atoms with Crippen LogP contribution in [0.4, 0.5) is 19.1 Å². The van der Waals surface area contributed by atoms with Crippen molar-refractivity contribution in [2.75, 3.05) is 18.9 Å². The molecule has 1 aromatic rings. The first-order valence-corrected chi connectivity index (χ1v) is 5.79. The summed E-state index contributed by atoms with van der Waals surface area (Å²) < 4.78 is 59.7. The van der Waals surface area contributed by atoms with E-state index in [0.29, 0.717) is 0 Å². The van der Waals surface area contributed by atoms with Crippen molar-refractivity contribution in [1.29, 1.82) is 0 Å². The molecule has 2 N–H and O–H groups in total. The maximum absolute atomic E-state index is 11.9. The molecule has 0 radical (unpaired) electrons. The highest BCUT2D eigenvalue weighted by molar-refractivity contribution is 7.89. The average molecular weight is 270 g/mol. The Morgan fingerprint density at radius 3 is 2.24 bits per heavy atom. The molecule has 0 atom stereocenters. The number of rotatable bonds is 4. The number of alkyl halides is 3. The number of hydrogen-bond acceptors (Lipinski definition) is 5. The van der Waals surface area contributed by atoms with Crippen LogP contribution in [0.15, 0.2) is 17.3 Å². The predicted octanol–water partition coefficient (Wildman–Crippen LogP) is 0.359. The molecule has 0 saturated heterocycles. The number of hydrogen-bond donors (Lipinski definition) is 2. The van der Waals surface area contributed by atoms with E-state index in [1.807, 2.05) is 0 Å². The number of nitrogens with zero attached hydrogens (tertiary/aromatic N) is 2. The highest BCUT2D eigenvalue weighted by Crippen LogP contribution is 2.14. The van der Waals surface area contributed by atoms with Gasteiger partial charge in [0.05, 0.1) is 12.4 Å². The first-order valence-electron chi connectivity index (χ1n) is 4.31. The standard InChI is InChI=1S/C7H9F3N4O2S/c1-11-6-12-2-5(3-13-6)17(15,16)14-4-7(8,9)10/h2-3,14H,4H2,1H3,(H,11,12,13). The molecule has 6 nitrogen and oxygen atoms in total. The Morgan fingerprint density at radius 2 is 1.82 bits per heavy atom. The van der Waals surface area contributed by atoms with Crippen LogP contribution in [0.3, 0.4) is 0 Å². The van der Waals surface area contributed by atoms with E-state index in [2.05, 4.69) is 15.3 Å². The third-order valence-corrected chi connectivity index (χ3v) is 2.98. The molecule has 96 valence electrons. The van der Waals surface area contributed by atoms with Gasteiger partial charge in [0.1, 0.15) is 11.4 Å². The number of sulfonamides is 1. The lowest BCUT2D eigenvalue weighted by molar-refractivity contribution is -0.121. The van der Waals surface area contributed by atoms with Crippen molar-refractivity contribution in [2.24, 2.45) is 0 Å². The van der Waals surface area contributed by atoms with Gasteiger partial charge in [-0.3, -0.25) is 0 Å². The molecular formula is C7H9F3N4O2S. The summed E-state index contributed by atoms with van der Waals surface area (Å²) in [5.41, 5.74) is 0. The molecule has 10 heteroatoms. The van der Waals surface area contributed by atoms with Gasteiger partial charge in [-0.05, 0) is 0 Å². The first-order chi connectivity index (χ1) is 7.74. The van der Waals surface area contributed by atoms with Crippen molar-refractivity contribution in [3.63, 3.8) is 0 Å². The van der Waals surface area contributed by atoms with Crippen LogP contribution in [0.5, 0.6) is 0 Å². The Balaban J connectivity index is 2.82. The van der Waals surface area contributed by atoms with Gasteiger partial charge in [-0.15, -0.1) is 0 Å². The largest absolute Gasteiger partial charge is 0.402 e. The molecule has 1 aromatic heterocycles. The zero-order chi connectivity index (χ0) is 13.1. The summed E-state index contributed by atoms with van der Waals surface area (Å²) in [6, 6.07) is 0. The van der Waals surface area contributed by atoms with Crippen molar-refractivity contribution < 1.29 is 21.6 Å². The zero-order valence-corrected chi connectivity index (χ0v) is 9.43. The number of anilines is 1. The highest BCUT2D eigenvalue weighted by atomic mass is 32.2. The maximum atomic E-state index is 11.9. The molecule has 17 heavy (non-hydrogen) atoms. The Hall–Kier alpha value is -1.42. The monoisotopic (exact) mass is 270 g/mol. The van der Waals surface area contributed by atoms with Gasteiger partial charge in [0.15, 0.2) is 0 Å². The molecule has 0 amide bonds. The molecule has 1 rings (SSSR count). The Bertz CT molecular complexity index is 471. The van der Waals surface area contributed by atoms with Crippen LogP contribution < -0.4 is 10.0 Å². The lowest BCUT2D eigenvalue weighted by Crippen LogP contribution is -2.33. The molecule has 0 bridgehead atoms. The fraction of sp³-hybridized carbons (Fsp3) is 0.429. The average Bonchev–Trinajstić information content (AvgIpc) is 2.26. The van der Waals surface area contributed by atoms with Crippen LogP contribution >= 0.6 is 0 Å². The Kier molecular flexibility index (Phi) is 3.88. The van der Waals surface area contributed by atoms with Crippen LogP contribution in [-0.2, 0) is 10.0 Å². The minimum absolute atomic E-state index is 0.166. The van der Waals surface area contributed by atoms with Gasteiger partial charge < -0.3 is 5.32 Å². The van der Waals surface area contributed by atoms with Gasteiger partial charge in [-0.25, -0.2) is 23.1 Å². The number of aromatic nitrogens is 2. The summed E-state index contributed by atoms with van der Waals surface area (Å²) in [5, 5.41) is 2.54. The first kappa shape index (κ1) is 13.6. The molecule has 1 heterocycles. The molecule has 0 aliphatic carbocycles. The van der Waals surface area contributed by atoms with Gasteiger partial charge in [0.2, 0.25) is 16.0 Å². The SMILES string of the molecule is CNc1ncc(S(=O)(=O)NCC(F)(F)F)cn1. The summed E-state index contributed by atoms with van der Waals surface area (Å²) in [7, 11) is -2.72. The van der Waals surface area contributed by atoms with Gasteiger partial charge in [0.25, 0.3) is 0 Å². The van der Waals surface area contributed by atoms with Gasteiger partial charge >= 0.3 is 6.18 Å². The summed E-state index contributed by atoms with van der Waals surface area (Å²) in [4.78, 5) is 6.74. The van der Waals surface area contributed by atoms with Gasteiger partial charge in [-0.1, -0.05) is 0 Å². The molecular weight excluding hydrogens is 261 g/mol. The van der Waals surface area contributed by atoms with Crippen LogP contribution in [0, 0.1) is 0 Å². The molecule has 0 aliphatic heterocycles. The summed E-state index contributed by atoms with van der Waals surface area (Å²) in [6.45, 7) is -1.64. The van der Waals surface area contributed by atoms with E-state index in [9.17, 15) is 21.6 Å². The van der Waals surface area contributed by atoms with Crippen molar-refractivity contribution in [3.05, 3.63) is 12.4 Å². The van der Waals surface area contributed by atoms with E-state index >= 15 is 0 Å². The van der Waals surface area contributed by atoms with Crippen molar-refractivity contribution in [1.82, 2.24) is 14.7 Å². The Labute approximate surface area is 95.3 Å². The van der Waals surface area contributed by atoms with E-state index < -0.39 is 27.6 Å². The summed E-state index contributed by atoms with van der Waals surface area (Å²) in [6.07, 6.45) is -2.78. The maximum Gasteiger partial charge on any atom is 0.402 e. The lowest BCUT2D eigenvalue weighted by atomic mass is 10.7. The zero-order valence-electron chi connectivity index (χ0n) is 8.61. The fourth-order valence-electron chi connectivity index (χ4n) is 0.844. The third-order valence-electron chi connectivity index (χ3n) is 1.62. The second-order valence-electron chi connectivity index (χ2n) is 2.93. The molecule has 0 unspecified atom stereocenters. The molecule has 0 saturated carbocycles. The van der Waals surface area contributed by atoms with E-state index in [4.69, 9.17) is 0 Å². The van der Waals surface area contributed by atoms with Crippen molar-refractivity contribution >= 4 is 16.0 Å². The van der Waals surface area contributed by atoms with E-state index in [-0.39, 0.29) is 5.95 Å². The van der Waals surface area contributed by atoms with E-state index in [0.717, 1.165) is 12.4 Å². The molecule has 0 aromatic carbocycles. The van der Waals surface area contributed by atoms with E-state index in [1.54, 1.807) is 0 Å². The molecule has 0 aliphatic rings. The lowest BCUT2D eigenvalue weighted by Gasteiger charge is -2.08. The predicted molar refractivity (Wildman–Crippen MR) is 52.8 cm³/mol. The quantitative estimate of drug-likeness (QED) is 0.825. The second-order valence-corrected chi connectivity index (χ2v) is 4.70. The van der Waals surface area contributed by atoms with Crippen LogP contribution in [0.25, 0.3) is 0 Å². The normalized spacial score (nSPS) is 12.5. The number of halogens is 3. The minimum Gasteiger partial charge on any atom is -0.357 e. The topological polar surface area (TPSA) is 84.0 Å². The van der Waals surface area contributed by atoms with Gasteiger partial charge in [-0.2, -0.15) is 13.2 Å². The minimum atomic E-state index is -4.61. The molecule has 0 fully saturated rings. The van der Waals surface area contributed by atoms with Crippen LogP contribution in [-0.4, -0.2) is 38.2 Å². The molecule has 0 spiro atoms. The fourth-order valence-corrected chi connectivity index (χ4v) is 1.75. The second kappa shape index (κ2) is 4.84.